The fourth-order valence-corrected chi connectivity index (χ4v) is 3.89. The molecule has 0 atom stereocenters. The maximum Gasteiger partial charge on any atom is 0.227 e. The van der Waals surface area contributed by atoms with Gasteiger partial charge in [0.2, 0.25) is 5.95 Å². The summed E-state index contributed by atoms with van der Waals surface area (Å²) >= 11 is 0. The van der Waals surface area contributed by atoms with Crippen molar-refractivity contribution in [3.8, 4) is 11.3 Å². The van der Waals surface area contributed by atoms with Gasteiger partial charge in [-0.1, -0.05) is 103 Å². The molecule has 1 aromatic heterocycles. The van der Waals surface area contributed by atoms with Gasteiger partial charge in [0.15, 0.2) is 0 Å². The molecule has 0 aliphatic heterocycles. The number of hydrogen-bond acceptors (Lipinski definition) is 3. The van der Waals surface area contributed by atoms with Crippen LogP contribution in [0.4, 0.5) is 10.3 Å². The van der Waals surface area contributed by atoms with Crippen LogP contribution in [-0.2, 0) is 13.1 Å². The van der Waals surface area contributed by atoms with Gasteiger partial charge in [-0.15, -0.1) is 0 Å². The highest BCUT2D eigenvalue weighted by Crippen LogP contribution is 2.26. The highest BCUT2D eigenvalue weighted by Gasteiger charge is 2.17. The first-order valence-corrected chi connectivity index (χ1v) is 11.5. The van der Waals surface area contributed by atoms with E-state index in [0.29, 0.717) is 13.1 Å². The van der Waals surface area contributed by atoms with Gasteiger partial charge in [0.25, 0.3) is 0 Å². The second kappa shape index (κ2) is 10.6. The Labute approximate surface area is 204 Å². The Morgan fingerprint density at radius 2 is 1.26 bits per heavy atom. The molecule has 172 valence electrons. The van der Waals surface area contributed by atoms with Crippen LogP contribution in [0.5, 0.6) is 0 Å². The maximum atomic E-state index is 13.4. The van der Waals surface area contributed by atoms with Crippen LogP contribution in [0.2, 0.25) is 0 Å². The van der Waals surface area contributed by atoms with Crippen LogP contribution in [-0.4, -0.2) is 15.9 Å². The molecule has 0 amide bonds. The van der Waals surface area contributed by atoms with Crippen LogP contribution in [0.3, 0.4) is 0 Å². The van der Waals surface area contributed by atoms with Gasteiger partial charge in [0.1, 0.15) is 5.82 Å². The average molecular weight is 461 g/mol. The Balaban J connectivity index is 1.57. The summed E-state index contributed by atoms with van der Waals surface area (Å²) in [6.07, 6.45) is 3.66. The van der Waals surface area contributed by atoms with E-state index in [9.17, 15) is 4.39 Å². The number of nitrogens with zero attached hydrogens (tertiary/aromatic N) is 4. The molecule has 5 aromatic rings. The third-order valence-electron chi connectivity index (χ3n) is 5.66. The van der Waals surface area contributed by atoms with Crippen molar-refractivity contribution in [3.63, 3.8) is 0 Å². The fourth-order valence-electron chi connectivity index (χ4n) is 3.89. The van der Waals surface area contributed by atoms with Crippen LogP contribution in [0.15, 0.2) is 127 Å². The summed E-state index contributed by atoms with van der Waals surface area (Å²) in [7, 11) is 0. The molecule has 0 aliphatic carbocycles. The zero-order valence-electron chi connectivity index (χ0n) is 19.2. The van der Waals surface area contributed by atoms with E-state index in [-0.39, 0.29) is 5.82 Å². The summed E-state index contributed by atoms with van der Waals surface area (Å²) in [6.45, 7) is 1.35. The molecule has 0 saturated heterocycles. The predicted octanol–water partition coefficient (Wildman–Crippen LogP) is 6.78. The molecule has 4 nitrogen and oxygen atoms in total. The molecule has 4 aromatic carbocycles. The third-order valence-corrected chi connectivity index (χ3v) is 5.66. The first-order valence-electron chi connectivity index (χ1n) is 11.5. The Bertz CT molecular complexity index is 1340. The number of halogens is 1. The van der Waals surface area contributed by atoms with Crippen molar-refractivity contribution in [2.75, 3.05) is 4.90 Å². The van der Waals surface area contributed by atoms with E-state index in [2.05, 4.69) is 29.2 Å². The van der Waals surface area contributed by atoms with Gasteiger partial charge in [0, 0.05) is 18.7 Å². The van der Waals surface area contributed by atoms with Crippen molar-refractivity contribution in [3.05, 3.63) is 144 Å². The molecule has 0 radical (unpaired) electrons. The van der Waals surface area contributed by atoms with E-state index in [1.165, 1.54) is 23.3 Å². The molecule has 1 heterocycles. The van der Waals surface area contributed by atoms with Gasteiger partial charge in [-0.25, -0.2) is 14.1 Å². The van der Waals surface area contributed by atoms with Gasteiger partial charge in [-0.3, -0.25) is 0 Å². The van der Waals surface area contributed by atoms with Gasteiger partial charge in [0.05, 0.1) is 18.1 Å². The molecule has 0 fully saturated rings. The molecular formula is C30H25FN4. The molecule has 5 rings (SSSR count). The molecule has 0 bridgehead atoms. The van der Waals surface area contributed by atoms with E-state index < -0.39 is 0 Å². The minimum absolute atomic E-state index is 0.270. The first kappa shape index (κ1) is 22.3. The van der Waals surface area contributed by atoms with E-state index in [0.717, 1.165) is 22.8 Å². The number of aromatic nitrogens is 2. The van der Waals surface area contributed by atoms with Gasteiger partial charge < -0.3 is 4.90 Å². The summed E-state index contributed by atoms with van der Waals surface area (Å²) in [5, 5.41) is 4.72. The Kier molecular flexibility index (Phi) is 6.76. The second-order valence-corrected chi connectivity index (χ2v) is 8.26. The quantitative estimate of drug-likeness (QED) is 0.239. The van der Waals surface area contributed by atoms with Crippen molar-refractivity contribution in [1.29, 1.82) is 0 Å². The summed E-state index contributed by atoms with van der Waals surface area (Å²) in [5.41, 5.74) is 5.03. The number of benzene rings is 4. The largest absolute Gasteiger partial charge is 0.332 e. The lowest BCUT2D eigenvalue weighted by Crippen LogP contribution is -2.25. The monoisotopic (exact) mass is 460 g/mol. The van der Waals surface area contributed by atoms with Gasteiger partial charge >= 0.3 is 0 Å². The van der Waals surface area contributed by atoms with Crippen LogP contribution in [0.25, 0.3) is 11.3 Å². The van der Waals surface area contributed by atoms with Crippen LogP contribution >= 0.6 is 0 Å². The fraction of sp³-hybridized carbons (Fsp3) is 0.0667. The highest BCUT2D eigenvalue weighted by atomic mass is 19.1. The Morgan fingerprint density at radius 1 is 0.714 bits per heavy atom. The summed E-state index contributed by atoms with van der Waals surface area (Å²) < 4.78 is 15.2. The van der Waals surface area contributed by atoms with Crippen molar-refractivity contribution < 1.29 is 4.39 Å². The van der Waals surface area contributed by atoms with Gasteiger partial charge in [-0.05, 0) is 28.8 Å². The summed E-state index contributed by atoms with van der Waals surface area (Å²) in [6, 6.07) is 37.0. The Morgan fingerprint density at radius 3 is 1.83 bits per heavy atom. The minimum Gasteiger partial charge on any atom is -0.332 e. The third kappa shape index (κ3) is 5.71. The zero-order valence-corrected chi connectivity index (χ0v) is 19.2. The van der Waals surface area contributed by atoms with E-state index >= 15 is 0 Å². The number of imidazole rings is 1. The molecule has 0 saturated carbocycles. The summed E-state index contributed by atoms with van der Waals surface area (Å²) in [5.74, 6) is 0.462. The van der Waals surface area contributed by atoms with Crippen LogP contribution in [0.1, 0.15) is 16.7 Å². The number of rotatable bonds is 8. The molecule has 0 unspecified atom stereocenters. The smallest absolute Gasteiger partial charge is 0.227 e. The lowest BCUT2D eigenvalue weighted by molar-refractivity contribution is 0.628. The van der Waals surface area contributed by atoms with Crippen LogP contribution in [0, 0.1) is 5.82 Å². The normalized spacial score (nSPS) is 11.1. The van der Waals surface area contributed by atoms with Crippen molar-refractivity contribution in [1.82, 2.24) is 9.66 Å². The lowest BCUT2D eigenvalue weighted by atomic mass is 10.2. The molecule has 35 heavy (non-hydrogen) atoms. The van der Waals surface area contributed by atoms with E-state index in [1.54, 1.807) is 23.0 Å². The first-order chi connectivity index (χ1) is 17.2. The number of hydrogen-bond donors (Lipinski definition) is 0. The molecule has 0 aliphatic rings. The van der Waals surface area contributed by atoms with Gasteiger partial charge in [-0.2, -0.15) is 5.10 Å². The number of anilines is 1. The molecular weight excluding hydrogens is 435 g/mol. The minimum atomic E-state index is -0.270. The zero-order chi connectivity index (χ0) is 23.9. The SMILES string of the molecule is Fc1ccc(/C=N/n2cc(-c3ccccc3)nc2N(Cc2ccccc2)Cc2ccccc2)cc1. The van der Waals surface area contributed by atoms with Crippen molar-refractivity contribution in [2.45, 2.75) is 13.1 Å². The predicted molar refractivity (Wildman–Crippen MR) is 140 cm³/mol. The van der Waals surface area contributed by atoms with Crippen molar-refractivity contribution in [2.24, 2.45) is 5.10 Å². The van der Waals surface area contributed by atoms with E-state index in [1.807, 2.05) is 72.9 Å². The lowest BCUT2D eigenvalue weighted by Gasteiger charge is -2.23. The standard InChI is InChI=1S/C30H25FN4/c31-28-18-16-24(17-19-28)20-32-35-23-29(27-14-8-3-9-15-27)33-30(35)34(21-25-10-4-1-5-11-25)22-26-12-6-2-7-13-26/h1-20,23H,21-22H2/b32-20+. The Hall–Kier alpha value is -4.51. The van der Waals surface area contributed by atoms with E-state index in [4.69, 9.17) is 10.1 Å². The average Bonchev–Trinajstić information content (AvgIpc) is 3.34. The topological polar surface area (TPSA) is 33.4 Å². The summed E-state index contributed by atoms with van der Waals surface area (Å²) in [4.78, 5) is 7.24. The molecule has 5 heteroatoms. The van der Waals surface area contributed by atoms with Crippen molar-refractivity contribution >= 4 is 12.2 Å². The van der Waals surface area contributed by atoms with Crippen LogP contribution < -0.4 is 4.90 Å². The maximum absolute atomic E-state index is 13.4. The highest BCUT2D eigenvalue weighted by molar-refractivity contribution is 5.79. The second-order valence-electron chi connectivity index (χ2n) is 8.26. The molecule has 0 spiro atoms. The molecule has 0 N–H and O–H groups in total.